The van der Waals surface area contributed by atoms with Crippen molar-refractivity contribution >= 4 is 17.7 Å². The number of carboxylic acids is 1. The first-order valence-corrected chi connectivity index (χ1v) is 8.64. The molecule has 2 rings (SSSR count). The maximum atomic E-state index is 10.6. The highest BCUT2D eigenvalue weighted by molar-refractivity contribution is 5.85. The molecule has 0 radical (unpaired) electrons. The molecular formula is C21H25NO6. The van der Waals surface area contributed by atoms with Gasteiger partial charge in [-0.2, -0.15) is 0 Å². The second-order valence-corrected chi connectivity index (χ2v) is 6.01. The molecule has 0 heterocycles. The summed E-state index contributed by atoms with van der Waals surface area (Å²) < 4.78 is 22.2. The zero-order valence-corrected chi connectivity index (χ0v) is 16.5. The number of nitrogens with zero attached hydrogens (tertiary/aromatic N) is 1. The Hall–Kier alpha value is -3.35. The van der Waals surface area contributed by atoms with Crippen LogP contribution in [0.25, 0.3) is 6.08 Å². The molecule has 0 aromatic heterocycles. The molecule has 150 valence electrons. The number of carbonyl (C=O) groups is 1. The number of hydrogen-bond donors (Lipinski definition) is 1. The molecule has 0 aliphatic rings. The second-order valence-electron chi connectivity index (χ2n) is 6.01. The fraction of sp³-hybridized carbons (Fsp3) is 0.286. The van der Waals surface area contributed by atoms with Gasteiger partial charge in [-0.3, -0.25) is 0 Å². The van der Waals surface area contributed by atoms with Crippen LogP contribution in [0.15, 0.2) is 42.5 Å². The number of aliphatic carboxylic acids is 1. The van der Waals surface area contributed by atoms with Crippen LogP contribution in [0.2, 0.25) is 0 Å². The van der Waals surface area contributed by atoms with Crippen LogP contribution in [0.1, 0.15) is 5.56 Å². The van der Waals surface area contributed by atoms with E-state index in [1.54, 1.807) is 25.3 Å². The Bertz CT molecular complexity index is 832. The minimum atomic E-state index is -1.01. The highest BCUT2D eigenvalue weighted by Crippen LogP contribution is 2.31. The highest BCUT2D eigenvalue weighted by Gasteiger charge is 2.08. The number of rotatable bonds is 10. The molecule has 7 nitrogen and oxygen atoms in total. The van der Waals surface area contributed by atoms with Gasteiger partial charge in [-0.05, 0) is 35.9 Å². The number of benzene rings is 2. The third-order valence-corrected chi connectivity index (χ3v) is 3.87. The monoisotopic (exact) mass is 387 g/mol. The topological polar surface area (TPSA) is 77.5 Å². The molecule has 0 bridgehead atoms. The van der Waals surface area contributed by atoms with Crippen molar-refractivity contribution in [1.82, 2.24) is 0 Å². The molecule has 0 fully saturated rings. The molecule has 0 spiro atoms. The van der Waals surface area contributed by atoms with Crippen molar-refractivity contribution in [1.29, 1.82) is 0 Å². The Labute approximate surface area is 164 Å². The van der Waals surface area contributed by atoms with Crippen molar-refractivity contribution in [2.75, 3.05) is 46.4 Å². The van der Waals surface area contributed by atoms with Crippen LogP contribution in [0.5, 0.6) is 23.0 Å². The summed E-state index contributed by atoms with van der Waals surface area (Å²) in [4.78, 5) is 12.6. The van der Waals surface area contributed by atoms with Gasteiger partial charge in [0.05, 0.1) is 14.2 Å². The smallest absolute Gasteiger partial charge is 0.328 e. The average molecular weight is 387 g/mol. The summed E-state index contributed by atoms with van der Waals surface area (Å²) in [7, 11) is 7.04. The fourth-order valence-corrected chi connectivity index (χ4v) is 2.43. The lowest BCUT2D eigenvalue weighted by atomic mass is 10.2. The first-order valence-electron chi connectivity index (χ1n) is 8.64. The summed E-state index contributed by atoms with van der Waals surface area (Å²) in [6.45, 7) is 0.626. The molecule has 28 heavy (non-hydrogen) atoms. The van der Waals surface area contributed by atoms with E-state index in [0.717, 1.165) is 11.8 Å². The maximum Gasteiger partial charge on any atom is 0.328 e. The molecule has 2 aromatic carbocycles. The van der Waals surface area contributed by atoms with Gasteiger partial charge < -0.3 is 29.0 Å². The number of anilines is 1. The highest BCUT2D eigenvalue weighted by atomic mass is 16.5. The van der Waals surface area contributed by atoms with Gasteiger partial charge in [0, 0.05) is 31.9 Å². The van der Waals surface area contributed by atoms with Gasteiger partial charge in [0.15, 0.2) is 23.0 Å². The zero-order chi connectivity index (χ0) is 20.5. The molecule has 0 aliphatic heterocycles. The van der Waals surface area contributed by atoms with Gasteiger partial charge in [-0.25, -0.2) is 4.79 Å². The van der Waals surface area contributed by atoms with E-state index in [1.165, 1.54) is 13.2 Å². The van der Waals surface area contributed by atoms with Crippen molar-refractivity contribution in [3.63, 3.8) is 0 Å². The van der Waals surface area contributed by atoms with Crippen LogP contribution in [-0.4, -0.2) is 52.6 Å². The van der Waals surface area contributed by atoms with Crippen molar-refractivity contribution < 1.29 is 28.8 Å². The molecule has 0 amide bonds. The lowest BCUT2D eigenvalue weighted by molar-refractivity contribution is -0.131. The van der Waals surface area contributed by atoms with Gasteiger partial charge in [-0.1, -0.05) is 6.07 Å². The standard InChI is InChI=1S/C21H25NO6/c1-22(2)16-7-9-18(20(14-16)26-4)28-12-11-27-17-8-5-15(6-10-21(23)24)13-19(17)25-3/h5-10,13-14H,11-12H2,1-4H3,(H,23,24)/b10-6+. The molecule has 2 aromatic rings. The minimum Gasteiger partial charge on any atom is -0.493 e. The molecule has 0 unspecified atom stereocenters. The quantitative estimate of drug-likeness (QED) is 0.495. The van der Waals surface area contributed by atoms with Crippen molar-refractivity contribution in [2.45, 2.75) is 0 Å². The van der Waals surface area contributed by atoms with E-state index < -0.39 is 5.97 Å². The SMILES string of the molecule is COc1cc(/C=C/C(=O)O)ccc1OCCOc1ccc(N(C)C)cc1OC. The first kappa shape index (κ1) is 21.0. The maximum absolute atomic E-state index is 10.6. The lowest BCUT2D eigenvalue weighted by Gasteiger charge is -2.17. The molecular weight excluding hydrogens is 362 g/mol. The van der Waals surface area contributed by atoms with Crippen LogP contribution < -0.4 is 23.8 Å². The number of hydrogen-bond acceptors (Lipinski definition) is 6. The van der Waals surface area contributed by atoms with E-state index in [-0.39, 0.29) is 0 Å². The summed E-state index contributed by atoms with van der Waals surface area (Å²) in [5, 5.41) is 8.70. The summed E-state index contributed by atoms with van der Waals surface area (Å²) >= 11 is 0. The molecule has 0 aliphatic carbocycles. The largest absolute Gasteiger partial charge is 0.493 e. The Morgan fingerprint density at radius 3 is 2.04 bits per heavy atom. The van der Waals surface area contributed by atoms with Crippen LogP contribution in [0, 0.1) is 0 Å². The van der Waals surface area contributed by atoms with E-state index in [0.29, 0.717) is 41.8 Å². The van der Waals surface area contributed by atoms with Gasteiger partial charge in [0.1, 0.15) is 13.2 Å². The van der Waals surface area contributed by atoms with E-state index >= 15 is 0 Å². The number of methoxy groups -OCH3 is 2. The second kappa shape index (κ2) is 10.1. The summed E-state index contributed by atoms with van der Waals surface area (Å²) in [5.41, 5.74) is 1.72. The van der Waals surface area contributed by atoms with Crippen LogP contribution in [-0.2, 0) is 4.79 Å². The van der Waals surface area contributed by atoms with Gasteiger partial charge >= 0.3 is 5.97 Å². The third-order valence-electron chi connectivity index (χ3n) is 3.87. The number of ether oxygens (including phenoxy) is 4. The Kier molecular flexibility index (Phi) is 7.56. The predicted molar refractivity (Wildman–Crippen MR) is 108 cm³/mol. The zero-order valence-electron chi connectivity index (χ0n) is 16.5. The van der Waals surface area contributed by atoms with Crippen molar-refractivity contribution in [3.05, 3.63) is 48.0 Å². The number of carboxylic acid groups (broad SMARTS) is 1. The van der Waals surface area contributed by atoms with Crippen LogP contribution >= 0.6 is 0 Å². The normalized spacial score (nSPS) is 10.6. The summed E-state index contributed by atoms with van der Waals surface area (Å²) in [6.07, 6.45) is 2.56. The lowest BCUT2D eigenvalue weighted by Crippen LogP contribution is -2.11. The van der Waals surface area contributed by atoms with E-state index in [1.807, 2.05) is 37.2 Å². The Morgan fingerprint density at radius 2 is 1.50 bits per heavy atom. The van der Waals surface area contributed by atoms with E-state index in [2.05, 4.69) is 0 Å². The minimum absolute atomic E-state index is 0.305. The Morgan fingerprint density at radius 1 is 0.929 bits per heavy atom. The fourth-order valence-electron chi connectivity index (χ4n) is 2.43. The van der Waals surface area contributed by atoms with Crippen LogP contribution in [0.3, 0.4) is 0 Å². The molecule has 1 N–H and O–H groups in total. The molecule has 0 saturated heterocycles. The average Bonchev–Trinajstić information content (AvgIpc) is 2.69. The van der Waals surface area contributed by atoms with Crippen molar-refractivity contribution in [3.8, 4) is 23.0 Å². The summed E-state index contributed by atoms with van der Waals surface area (Å²) in [6, 6.07) is 10.9. The third kappa shape index (κ3) is 5.84. The predicted octanol–water partition coefficient (Wildman–Crippen LogP) is 3.33. The van der Waals surface area contributed by atoms with Gasteiger partial charge in [-0.15, -0.1) is 0 Å². The van der Waals surface area contributed by atoms with Gasteiger partial charge in [0.25, 0.3) is 0 Å². The van der Waals surface area contributed by atoms with Crippen LogP contribution in [0.4, 0.5) is 5.69 Å². The molecule has 0 saturated carbocycles. The molecule has 7 heteroatoms. The van der Waals surface area contributed by atoms with E-state index in [9.17, 15) is 4.79 Å². The summed E-state index contributed by atoms with van der Waals surface area (Å²) in [5.74, 6) is 1.34. The first-order chi connectivity index (χ1) is 13.4. The molecule has 0 atom stereocenters. The Balaban J connectivity index is 1.95. The van der Waals surface area contributed by atoms with Crippen molar-refractivity contribution in [2.24, 2.45) is 0 Å². The van der Waals surface area contributed by atoms with Gasteiger partial charge in [0.2, 0.25) is 0 Å². The van der Waals surface area contributed by atoms with E-state index in [4.69, 9.17) is 24.1 Å².